The summed E-state index contributed by atoms with van der Waals surface area (Å²) in [6, 6.07) is 14.7. The number of ketones is 2. The molecule has 2 heterocycles. The number of Topliss-reactive ketones (excluding diaryl/α,β-unsaturated/α-hetero) is 2. The SMILES string of the molecule is COc1ccc(Cn2c(SC(C)C(=O)c3[nH]c(C)c(C(C)=O)c3C)nc3ccccc3c2=O)cc1. The van der Waals surface area contributed by atoms with Crippen LogP contribution in [0.1, 0.15) is 51.5 Å². The quantitative estimate of drug-likeness (QED) is 0.213. The summed E-state index contributed by atoms with van der Waals surface area (Å²) in [5.74, 6) is 0.495. The van der Waals surface area contributed by atoms with Gasteiger partial charge >= 0.3 is 0 Å². The number of rotatable bonds is 8. The van der Waals surface area contributed by atoms with Gasteiger partial charge in [-0.15, -0.1) is 0 Å². The number of hydrogen-bond donors (Lipinski definition) is 1. The van der Waals surface area contributed by atoms with Crippen LogP contribution in [-0.4, -0.2) is 38.5 Å². The van der Waals surface area contributed by atoms with Crippen LogP contribution in [0, 0.1) is 13.8 Å². The number of thioether (sulfide) groups is 1. The summed E-state index contributed by atoms with van der Waals surface area (Å²) in [6.07, 6.45) is 0. The van der Waals surface area contributed by atoms with E-state index in [0.717, 1.165) is 11.3 Å². The molecule has 2 aromatic heterocycles. The number of carbonyl (C=O) groups is 2. The van der Waals surface area contributed by atoms with Crippen molar-refractivity contribution in [2.24, 2.45) is 0 Å². The zero-order chi connectivity index (χ0) is 25.3. The second kappa shape index (κ2) is 9.92. The number of para-hydroxylation sites is 1. The van der Waals surface area contributed by atoms with Crippen molar-refractivity contribution in [2.75, 3.05) is 7.11 Å². The van der Waals surface area contributed by atoms with Crippen molar-refractivity contribution in [3.05, 3.63) is 87.0 Å². The van der Waals surface area contributed by atoms with Crippen LogP contribution in [0.4, 0.5) is 0 Å². The zero-order valence-electron chi connectivity index (χ0n) is 20.3. The van der Waals surface area contributed by atoms with Crippen molar-refractivity contribution in [2.45, 2.75) is 44.6 Å². The van der Waals surface area contributed by atoms with E-state index in [0.29, 0.717) is 45.1 Å². The number of carbonyl (C=O) groups excluding carboxylic acids is 2. The first kappa shape index (κ1) is 24.5. The van der Waals surface area contributed by atoms with Crippen molar-refractivity contribution in [3.63, 3.8) is 0 Å². The summed E-state index contributed by atoms with van der Waals surface area (Å²) < 4.78 is 6.84. The summed E-state index contributed by atoms with van der Waals surface area (Å²) in [5.41, 5.74) is 3.61. The van der Waals surface area contributed by atoms with Gasteiger partial charge in [0, 0.05) is 11.3 Å². The number of aryl methyl sites for hydroxylation is 1. The Kier molecular flexibility index (Phi) is 6.93. The third-order valence-electron chi connectivity index (χ3n) is 6.01. The Bertz CT molecular complexity index is 1490. The minimum absolute atomic E-state index is 0.0832. The molecule has 2 aromatic carbocycles. The van der Waals surface area contributed by atoms with E-state index in [-0.39, 0.29) is 17.1 Å². The fourth-order valence-corrected chi connectivity index (χ4v) is 5.20. The fourth-order valence-electron chi connectivity index (χ4n) is 4.23. The van der Waals surface area contributed by atoms with Crippen molar-refractivity contribution in [1.82, 2.24) is 14.5 Å². The molecule has 0 radical (unpaired) electrons. The largest absolute Gasteiger partial charge is 0.497 e. The topological polar surface area (TPSA) is 94.1 Å². The molecule has 180 valence electrons. The third kappa shape index (κ3) is 4.79. The Morgan fingerprint density at radius 1 is 1.11 bits per heavy atom. The molecular weight excluding hydrogens is 462 g/mol. The second-order valence-electron chi connectivity index (χ2n) is 8.46. The number of fused-ring (bicyclic) bond motifs is 1. The number of nitrogens with one attached hydrogen (secondary N) is 1. The van der Waals surface area contributed by atoms with Crippen LogP contribution in [0.3, 0.4) is 0 Å². The van der Waals surface area contributed by atoms with E-state index in [4.69, 9.17) is 9.72 Å². The molecule has 1 N–H and O–H groups in total. The first-order valence-corrected chi connectivity index (χ1v) is 12.1. The maximum atomic E-state index is 13.4. The van der Waals surface area contributed by atoms with Gasteiger partial charge in [-0.05, 0) is 63.1 Å². The van der Waals surface area contributed by atoms with Crippen molar-refractivity contribution in [3.8, 4) is 5.75 Å². The lowest BCUT2D eigenvalue weighted by Crippen LogP contribution is -2.25. The van der Waals surface area contributed by atoms with Crippen LogP contribution in [0.2, 0.25) is 0 Å². The van der Waals surface area contributed by atoms with E-state index >= 15 is 0 Å². The molecule has 0 amide bonds. The summed E-state index contributed by atoms with van der Waals surface area (Å²) in [6.45, 7) is 7.15. The molecule has 0 aliphatic carbocycles. The molecule has 0 aliphatic heterocycles. The first-order chi connectivity index (χ1) is 16.7. The summed E-state index contributed by atoms with van der Waals surface area (Å²) in [7, 11) is 1.60. The van der Waals surface area contributed by atoms with Crippen molar-refractivity contribution < 1.29 is 14.3 Å². The summed E-state index contributed by atoms with van der Waals surface area (Å²) in [4.78, 5) is 46.6. The van der Waals surface area contributed by atoms with Gasteiger partial charge in [-0.2, -0.15) is 0 Å². The molecule has 0 spiro atoms. The number of nitrogens with zero attached hydrogens (tertiary/aromatic N) is 2. The Balaban J connectivity index is 1.73. The average Bonchev–Trinajstić information content (AvgIpc) is 3.15. The molecule has 4 rings (SSSR count). The maximum Gasteiger partial charge on any atom is 0.262 e. The number of hydrogen-bond acceptors (Lipinski definition) is 6. The predicted molar refractivity (Wildman–Crippen MR) is 138 cm³/mol. The first-order valence-electron chi connectivity index (χ1n) is 11.2. The third-order valence-corrected chi connectivity index (χ3v) is 7.10. The van der Waals surface area contributed by atoms with Crippen molar-refractivity contribution >= 4 is 34.2 Å². The van der Waals surface area contributed by atoms with E-state index in [1.165, 1.54) is 18.7 Å². The molecule has 4 aromatic rings. The lowest BCUT2D eigenvalue weighted by Gasteiger charge is -2.16. The Morgan fingerprint density at radius 3 is 2.43 bits per heavy atom. The molecule has 8 heteroatoms. The highest BCUT2D eigenvalue weighted by Gasteiger charge is 2.26. The maximum absolute atomic E-state index is 13.4. The van der Waals surface area contributed by atoms with E-state index in [1.54, 1.807) is 44.6 Å². The monoisotopic (exact) mass is 489 g/mol. The predicted octanol–water partition coefficient (Wildman–Crippen LogP) is 4.96. The van der Waals surface area contributed by atoms with Crippen LogP contribution < -0.4 is 10.3 Å². The molecule has 0 fully saturated rings. The molecule has 1 atom stereocenters. The summed E-state index contributed by atoms with van der Waals surface area (Å²) >= 11 is 1.23. The minimum atomic E-state index is -0.540. The van der Waals surface area contributed by atoms with E-state index in [1.807, 2.05) is 36.4 Å². The smallest absolute Gasteiger partial charge is 0.262 e. The van der Waals surface area contributed by atoms with Crippen molar-refractivity contribution in [1.29, 1.82) is 0 Å². The number of aromatic amines is 1. The van der Waals surface area contributed by atoms with Gasteiger partial charge in [0.25, 0.3) is 5.56 Å². The van der Waals surface area contributed by atoms with Gasteiger partial charge in [0.1, 0.15) is 5.75 Å². The molecule has 0 saturated carbocycles. The molecule has 0 aliphatic rings. The van der Waals surface area contributed by atoms with Crippen LogP contribution in [-0.2, 0) is 6.54 Å². The Hall–Kier alpha value is -3.65. The highest BCUT2D eigenvalue weighted by Crippen LogP contribution is 2.28. The highest BCUT2D eigenvalue weighted by atomic mass is 32.2. The molecule has 0 bridgehead atoms. The van der Waals surface area contributed by atoms with Gasteiger partial charge in [0.2, 0.25) is 0 Å². The minimum Gasteiger partial charge on any atom is -0.497 e. The standard InChI is InChI=1S/C27H27N3O4S/c1-15-23(17(3)31)16(2)28-24(15)25(32)18(4)35-27-29-22-9-7-6-8-21(22)26(33)30(27)14-19-10-12-20(34-5)13-11-19/h6-13,18,28H,14H2,1-5H3. The molecule has 1 unspecified atom stereocenters. The molecule has 35 heavy (non-hydrogen) atoms. The Morgan fingerprint density at radius 2 is 1.80 bits per heavy atom. The van der Waals surface area contributed by atoms with Crippen LogP contribution in [0.25, 0.3) is 10.9 Å². The average molecular weight is 490 g/mol. The lowest BCUT2D eigenvalue weighted by molar-refractivity contribution is 0.0988. The number of methoxy groups -OCH3 is 1. The van der Waals surface area contributed by atoms with Gasteiger partial charge in [-0.25, -0.2) is 4.98 Å². The van der Waals surface area contributed by atoms with Gasteiger partial charge in [0.15, 0.2) is 16.7 Å². The van der Waals surface area contributed by atoms with E-state index in [9.17, 15) is 14.4 Å². The van der Waals surface area contributed by atoms with E-state index < -0.39 is 5.25 Å². The second-order valence-corrected chi connectivity index (χ2v) is 9.76. The van der Waals surface area contributed by atoms with E-state index in [2.05, 4.69) is 4.98 Å². The van der Waals surface area contributed by atoms with Gasteiger partial charge in [-0.1, -0.05) is 36.0 Å². The molecule has 0 saturated heterocycles. The lowest BCUT2D eigenvalue weighted by atomic mass is 10.0. The molecular formula is C27H27N3O4S. The van der Waals surface area contributed by atoms with Crippen LogP contribution in [0.5, 0.6) is 5.75 Å². The van der Waals surface area contributed by atoms with Gasteiger partial charge < -0.3 is 9.72 Å². The normalized spacial score (nSPS) is 12.0. The van der Waals surface area contributed by atoms with Gasteiger partial charge in [-0.3, -0.25) is 19.0 Å². The number of H-pyrrole nitrogens is 1. The van der Waals surface area contributed by atoms with Gasteiger partial charge in [0.05, 0.1) is 35.5 Å². The number of ether oxygens (including phenoxy) is 1. The zero-order valence-corrected chi connectivity index (χ0v) is 21.2. The Labute approximate surface area is 207 Å². The number of benzene rings is 2. The fraction of sp³-hybridized carbons (Fsp3) is 0.259. The molecule has 7 nitrogen and oxygen atoms in total. The van der Waals surface area contributed by atoms with Crippen LogP contribution in [0.15, 0.2) is 58.5 Å². The highest BCUT2D eigenvalue weighted by molar-refractivity contribution is 8.00. The summed E-state index contributed by atoms with van der Waals surface area (Å²) in [5, 5.41) is 0.436. The van der Waals surface area contributed by atoms with Crippen LogP contribution >= 0.6 is 11.8 Å². The number of aromatic nitrogens is 3.